The summed E-state index contributed by atoms with van der Waals surface area (Å²) in [5.74, 6) is -2.00. The van der Waals surface area contributed by atoms with Crippen LogP contribution in [0, 0.1) is 18.8 Å². The fourth-order valence-electron chi connectivity index (χ4n) is 3.78. The molecule has 2 aliphatic carbocycles. The molecule has 27 heavy (non-hydrogen) atoms. The van der Waals surface area contributed by atoms with Gasteiger partial charge in [-0.1, -0.05) is 0 Å². The number of allylic oxidation sites excluding steroid dienone is 1. The highest BCUT2D eigenvalue weighted by molar-refractivity contribution is 6.27. The summed E-state index contributed by atoms with van der Waals surface area (Å²) in [4.78, 5) is 51.1. The van der Waals surface area contributed by atoms with E-state index in [1.54, 1.807) is 21.0 Å². The van der Waals surface area contributed by atoms with Gasteiger partial charge in [0.2, 0.25) is 5.91 Å². The van der Waals surface area contributed by atoms with Crippen LogP contribution >= 0.6 is 0 Å². The minimum Gasteiger partial charge on any atom is -0.506 e. The lowest BCUT2D eigenvalue weighted by Gasteiger charge is -2.20. The van der Waals surface area contributed by atoms with Crippen LogP contribution in [0.4, 0.5) is 0 Å². The van der Waals surface area contributed by atoms with E-state index in [-0.39, 0.29) is 53.4 Å². The summed E-state index contributed by atoms with van der Waals surface area (Å²) in [5.41, 5.74) is -0.575. The van der Waals surface area contributed by atoms with Crippen molar-refractivity contribution in [2.45, 2.75) is 39.2 Å². The molecule has 2 atom stereocenters. The van der Waals surface area contributed by atoms with E-state index in [1.807, 2.05) is 0 Å². The van der Waals surface area contributed by atoms with Crippen molar-refractivity contribution >= 4 is 23.2 Å². The number of aromatic nitrogens is 2. The predicted octanol–water partition coefficient (Wildman–Crippen LogP) is 0.867. The van der Waals surface area contributed by atoms with Gasteiger partial charge >= 0.3 is 0 Å². The van der Waals surface area contributed by atoms with Gasteiger partial charge in [-0.15, -0.1) is 0 Å². The zero-order chi connectivity index (χ0) is 19.9. The SMILES string of the molecule is Cc1cc(C(O)=C2C(=O)C3CCC(C3)C2=O)c(=O)n(CCC(=O)N(C)C)n1. The second-order valence-electron chi connectivity index (χ2n) is 7.42. The normalized spacial score (nSPS) is 21.5. The van der Waals surface area contributed by atoms with Crippen molar-refractivity contribution in [3.63, 3.8) is 0 Å². The van der Waals surface area contributed by atoms with Gasteiger partial charge in [0, 0.05) is 32.4 Å². The van der Waals surface area contributed by atoms with Crippen molar-refractivity contribution in [1.82, 2.24) is 14.7 Å². The Morgan fingerprint density at radius 3 is 2.37 bits per heavy atom. The third kappa shape index (κ3) is 3.43. The number of carbonyl (C=O) groups excluding carboxylic acids is 3. The summed E-state index contributed by atoms with van der Waals surface area (Å²) < 4.78 is 1.09. The van der Waals surface area contributed by atoms with Crippen LogP contribution < -0.4 is 5.56 Å². The molecule has 2 fully saturated rings. The minimum atomic E-state index is -0.629. The zero-order valence-electron chi connectivity index (χ0n) is 15.7. The van der Waals surface area contributed by atoms with Gasteiger partial charge in [0.1, 0.15) is 11.3 Å². The number of Topliss-reactive ketones (excluding diaryl/α,β-unsaturated/α-hetero) is 2. The fourth-order valence-corrected chi connectivity index (χ4v) is 3.78. The first-order valence-corrected chi connectivity index (χ1v) is 9.01. The lowest BCUT2D eigenvalue weighted by atomic mass is 9.81. The number of carbonyl (C=O) groups is 3. The number of hydrogen-bond acceptors (Lipinski definition) is 6. The molecule has 144 valence electrons. The van der Waals surface area contributed by atoms with Gasteiger partial charge in [0.05, 0.1) is 17.8 Å². The van der Waals surface area contributed by atoms with Crippen LogP contribution in [-0.2, 0) is 20.9 Å². The summed E-state index contributed by atoms with van der Waals surface area (Å²) in [7, 11) is 3.23. The van der Waals surface area contributed by atoms with Gasteiger partial charge in [-0.3, -0.25) is 19.2 Å². The second-order valence-corrected chi connectivity index (χ2v) is 7.42. The Bertz CT molecular complexity index is 888. The Morgan fingerprint density at radius 2 is 1.81 bits per heavy atom. The summed E-state index contributed by atoms with van der Waals surface area (Å²) in [6.07, 6.45) is 1.87. The fraction of sp³-hybridized carbons (Fsp3) is 0.526. The molecule has 0 aromatic carbocycles. The first kappa shape index (κ1) is 19.0. The molecule has 2 bridgehead atoms. The summed E-state index contributed by atoms with van der Waals surface area (Å²) >= 11 is 0. The van der Waals surface area contributed by atoms with Crippen LogP contribution in [0.3, 0.4) is 0 Å². The van der Waals surface area contributed by atoms with Crippen molar-refractivity contribution in [3.8, 4) is 0 Å². The van der Waals surface area contributed by atoms with Gasteiger partial charge in [0.15, 0.2) is 11.6 Å². The van der Waals surface area contributed by atoms with Crippen LogP contribution in [-0.4, -0.2) is 51.4 Å². The maximum absolute atomic E-state index is 12.7. The number of aliphatic hydroxyl groups is 1. The highest BCUT2D eigenvalue weighted by Gasteiger charge is 2.45. The zero-order valence-corrected chi connectivity index (χ0v) is 15.7. The lowest BCUT2D eigenvalue weighted by molar-refractivity contribution is -0.129. The van der Waals surface area contributed by atoms with Crippen molar-refractivity contribution in [2.75, 3.05) is 14.1 Å². The number of hydrogen-bond donors (Lipinski definition) is 1. The average molecular weight is 373 g/mol. The van der Waals surface area contributed by atoms with Crippen LogP contribution in [0.25, 0.3) is 5.76 Å². The highest BCUT2D eigenvalue weighted by atomic mass is 16.3. The summed E-state index contributed by atoms with van der Waals surface area (Å²) in [6, 6.07) is 1.37. The molecule has 2 aliphatic rings. The lowest BCUT2D eigenvalue weighted by Crippen LogP contribution is -2.33. The van der Waals surface area contributed by atoms with Gasteiger partial charge in [-0.2, -0.15) is 5.10 Å². The molecule has 8 nitrogen and oxygen atoms in total. The molecule has 1 aromatic rings. The van der Waals surface area contributed by atoms with Crippen molar-refractivity contribution in [3.05, 3.63) is 33.3 Å². The van der Waals surface area contributed by atoms with E-state index < -0.39 is 11.3 Å². The number of ketones is 2. The molecule has 3 rings (SSSR count). The van der Waals surface area contributed by atoms with Gasteiger partial charge in [-0.25, -0.2) is 4.68 Å². The van der Waals surface area contributed by atoms with Crippen molar-refractivity contribution in [2.24, 2.45) is 11.8 Å². The number of aliphatic hydroxyl groups excluding tert-OH is 1. The predicted molar refractivity (Wildman–Crippen MR) is 96.9 cm³/mol. The Kier molecular flexibility index (Phi) is 4.99. The molecule has 1 heterocycles. The molecule has 2 saturated carbocycles. The molecular formula is C19H23N3O5. The Labute approximate surface area is 156 Å². The second kappa shape index (κ2) is 7.09. The van der Waals surface area contributed by atoms with E-state index in [0.29, 0.717) is 25.0 Å². The van der Waals surface area contributed by atoms with E-state index in [0.717, 1.165) is 4.68 Å². The van der Waals surface area contributed by atoms with Crippen LogP contribution in [0.5, 0.6) is 0 Å². The first-order chi connectivity index (χ1) is 12.7. The van der Waals surface area contributed by atoms with Crippen molar-refractivity contribution in [1.29, 1.82) is 0 Å². The van der Waals surface area contributed by atoms with Crippen LogP contribution in [0.1, 0.15) is 36.9 Å². The number of aryl methyl sites for hydroxylation is 2. The molecule has 2 unspecified atom stereocenters. The summed E-state index contributed by atoms with van der Waals surface area (Å²) in [5, 5.41) is 14.8. The molecule has 0 aliphatic heterocycles. The van der Waals surface area contributed by atoms with E-state index in [4.69, 9.17) is 0 Å². The minimum absolute atomic E-state index is 0.0419. The van der Waals surface area contributed by atoms with E-state index in [9.17, 15) is 24.3 Å². The molecule has 1 N–H and O–H groups in total. The van der Waals surface area contributed by atoms with Crippen molar-refractivity contribution < 1.29 is 19.5 Å². The van der Waals surface area contributed by atoms with Crippen LogP contribution in [0.15, 0.2) is 16.4 Å². The maximum atomic E-state index is 12.7. The molecule has 1 amide bonds. The van der Waals surface area contributed by atoms with Gasteiger partial charge in [-0.05, 0) is 32.3 Å². The summed E-state index contributed by atoms with van der Waals surface area (Å²) in [6.45, 7) is 1.68. The average Bonchev–Trinajstić information content (AvgIpc) is 3.07. The largest absolute Gasteiger partial charge is 0.506 e. The number of amides is 1. The Morgan fingerprint density at radius 1 is 1.22 bits per heavy atom. The molecule has 0 radical (unpaired) electrons. The van der Waals surface area contributed by atoms with E-state index in [1.165, 1.54) is 11.0 Å². The quantitative estimate of drug-likeness (QED) is 0.476. The maximum Gasteiger partial charge on any atom is 0.277 e. The Hall–Kier alpha value is -2.77. The first-order valence-electron chi connectivity index (χ1n) is 9.01. The molecule has 8 heteroatoms. The van der Waals surface area contributed by atoms with Gasteiger partial charge in [0.25, 0.3) is 5.56 Å². The topological polar surface area (TPSA) is 110 Å². The van der Waals surface area contributed by atoms with E-state index in [2.05, 4.69) is 5.10 Å². The number of nitrogens with zero attached hydrogens (tertiary/aromatic N) is 3. The Balaban J connectivity index is 2.01. The van der Waals surface area contributed by atoms with E-state index >= 15 is 0 Å². The number of rotatable bonds is 4. The number of fused-ring (bicyclic) bond motifs is 2. The third-order valence-corrected chi connectivity index (χ3v) is 5.29. The molecule has 0 spiro atoms. The molecule has 1 aromatic heterocycles. The molecular weight excluding hydrogens is 350 g/mol. The monoisotopic (exact) mass is 373 g/mol. The highest BCUT2D eigenvalue weighted by Crippen LogP contribution is 2.41. The third-order valence-electron chi connectivity index (χ3n) is 5.29. The molecule has 0 saturated heterocycles. The standard InChI is InChI=1S/C19H23N3O5/c1-10-8-13(19(27)22(20-10)7-6-14(23)21(2)3)18(26)15-16(24)11-4-5-12(9-11)17(15)25/h8,11-12,26H,4-7,9H2,1-3H3. The van der Waals surface area contributed by atoms with Crippen LogP contribution in [0.2, 0.25) is 0 Å². The smallest absolute Gasteiger partial charge is 0.277 e. The van der Waals surface area contributed by atoms with Gasteiger partial charge < -0.3 is 10.0 Å².